The van der Waals surface area contributed by atoms with E-state index in [1.165, 1.54) is 0 Å². The van der Waals surface area contributed by atoms with Crippen molar-refractivity contribution in [2.24, 2.45) is 0 Å². The fourth-order valence-electron chi connectivity index (χ4n) is 0.643. The molecule has 0 atom stereocenters. The summed E-state index contributed by atoms with van der Waals surface area (Å²) in [5.41, 5.74) is 0.476. The summed E-state index contributed by atoms with van der Waals surface area (Å²) in [7, 11) is 0. The van der Waals surface area contributed by atoms with Crippen LogP contribution in [0.4, 0.5) is 0 Å². The fraction of sp³-hybridized carbons (Fsp3) is 0.333. The molecule has 1 N–H and O–H groups in total. The second-order valence-electron chi connectivity index (χ2n) is 1.90. The molecule has 11 heavy (non-hydrogen) atoms. The van der Waals surface area contributed by atoms with Gasteiger partial charge in [-0.15, -0.1) is 0 Å². The zero-order chi connectivity index (χ0) is 8.43. The number of aromatic nitrogens is 1. The van der Waals surface area contributed by atoms with Crippen molar-refractivity contribution in [3.63, 3.8) is 0 Å². The third-order valence-corrected chi connectivity index (χ3v) is 1.46. The highest BCUT2D eigenvalue weighted by molar-refractivity contribution is 6.29. The maximum absolute atomic E-state index is 10.3. The predicted molar refractivity (Wildman–Crippen MR) is 37.9 cm³/mol. The Morgan fingerprint density at radius 1 is 1.82 bits per heavy atom. The molecule has 1 rings (SSSR count). The van der Waals surface area contributed by atoms with Crippen molar-refractivity contribution >= 4 is 17.6 Å². The van der Waals surface area contributed by atoms with Crippen LogP contribution in [-0.2, 0) is 6.42 Å². The fourth-order valence-corrected chi connectivity index (χ4v) is 0.892. The number of carboxylic acid groups (broad SMARTS) is 1. The Morgan fingerprint density at radius 3 is 2.73 bits per heavy atom. The van der Waals surface area contributed by atoms with Gasteiger partial charge in [0.2, 0.25) is 5.22 Å². The summed E-state index contributed by atoms with van der Waals surface area (Å²) < 4.78 is 4.62. The molecule has 0 saturated carbocycles. The van der Waals surface area contributed by atoms with Gasteiger partial charge in [-0.25, -0.2) is 9.78 Å². The van der Waals surface area contributed by atoms with Crippen LogP contribution in [-0.4, -0.2) is 16.1 Å². The second-order valence-corrected chi connectivity index (χ2v) is 2.24. The van der Waals surface area contributed by atoms with Gasteiger partial charge in [-0.2, -0.15) is 0 Å². The van der Waals surface area contributed by atoms with Crippen LogP contribution >= 0.6 is 11.6 Å². The Labute approximate surface area is 67.8 Å². The van der Waals surface area contributed by atoms with Gasteiger partial charge in [0.25, 0.3) is 0 Å². The largest absolute Gasteiger partial charge is 0.474 e. The summed E-state index contributed by atoms with van der Waals surface area (Å²) in [4.78, 5) is 13.9. The smallest absolute Gasteiger partial charge is 0.392 e. The molecule has 0 bridgehead atoms. The highest BCUT2D eigenvalue weighted by atomic mass is 35.5. The molecule has 0 aliphatic heterocycles. The van der Waals surface area contributed by atoms with Crippen molar-refractivity contribution in [1.82, 2.24) is 4.98 Å². The van der Waals surface area contributed by atoms with Crippen molar-refractivity contribution in [2.45, 2.75) is 13.3 Å². The molecule has 60 valence electrons. The second kappa shape index (κ2) is 2.92. The summed E-state index contributed by atoms with van der Waals surface area (Å²) in [6.07, 6.45) is 0.565. The summed E-state index contributed by atoms with van der Waals surface area (Å²) in [6, 6.07) is 0. The molecular formula is C6H6ClNO3. The number of halogens is 1. The van der Waals surface area contributed by atoms with Gasteiger partial charge < -0.3 is 9.52 Å². The first-order valence-corrected chi connectivity index (χ1v) is 3.41. The molecule has 1 aromatic heterocycles. The van der Waals surface area contributed by atoms with E-state index in [-0.39, 0.29) is 11.1 Å². The van der Waals surface area contributed by atoms with Crippen molar-refractivity contribution in [3.05, 3.63) is 16.8 Å². The Morgan fingerprint density at radius 2 is 2.45 bits per heavy atom. The van der Waals surface area contributed by atoms with Gasteiger partial charge in [0.05, 0.1) is 5.69 Å². The summed E-state index contributed by atoms with van der Waals surface area (Å²) in [6.45, 7) is 1.81. The number of aromatic carboxylic acids is 1. The Balaban J connectivity index is 3.05. The molecule has 1 aromatic rings. The van der Waals surface area contributed by atoms with E-state index >= 15 is 0 Å². The monoisotopic (exact) mass is 175 g/mol. The van der Waals surface area contributed by atoms with E-state index in [2.05, 4.69) is 9.40 Å². The minimum absolute atomic E-state index is 0.0601. The summed E-state index contributed by atoms with van der Waals surface area (Å²) in [5, 5.41) is 8.46. The average Bonchev–Trinajstić information content (AvgIpc) is 2.31. The molecule has 0 saturated heterocycles. The van der Waals surface area contributed by atoms with Crippen LogP contribution in [0.5, 0.6) is 0 Å². The number of rotatable bonds is 2. The third kappa shape index (κ3) is 1.51. The minimum Gasteiger partial charge on any atom is -0.474 e. The van der Waals surface area contributed by atoms with Gasteiger partial charge in [0, 0.05) is 0 Å². The lowest BCUT2D eigenvalue weighted by Crippen LogP contribution is -1.95. The van der Waals surface area contributed by atoms with Crippen LogP contribution < -0.4 is 0 Å². The summed E-state index contributed by atoms with van der Waals surface area (Å²) >= 11 is 5.50. The zero-order valence-electron chi connectivity index (χ0n) is 5.80. The molecule has 0 fully saturated rings. The highest BCUT2D eigenvalue weighted by Gasteiger charge is 2.14. The predicted octanol–water partition coefficient (Wildman–Crippen LogP) is 1.59. The van der Waals surface area contributed by atoms with E-state index in [0.29, 0.717) is 12.1 Å². The van der Waals surface area contributed by atoms with E-state index in [1.54, 1.807) is 0 Å². The first kappa shape index (κ1) is 8.07. The molecule has 0 spiro atoms. The number of aryl methyl sites for hydroxylation is 1. The van der Waals surface area contributed by atoms with E-state index in [9.17, 15) is 4.79 Å². The molecule has 0 aliphatic carbocycles. The molecule has 1 heterocycles. The molecule has 0 radical (unpaired) electrons. The lowest BCUT2D eigenvalue weighted by Gasteiger charge is -1.81. The topological polar surface area (TPSA) is 63.3 Å². The van der Waals surface area contributed by atoms with Crippen molar-refractivity contribution < 1.29 is 14.3 Å². The number of oxazole rings is 1. The van der Waals surface area contributed by atoms with E-state index in [4.69, 9.17) is 16.7 Å². The lowest BCUT2D eigenvalue weighted by molar-refractivity contribution is 0.0654. The number of hydrogen-bond acceptors (Lipinski definition) is 3. The van der Waals surface area contributed by atoms with Crippen LogP contribution in [0.1, 0.15) is 23.3 Å². The maximum Gasteiger partial charge on any atom is 0.392 e. The number of carbonyl (C=O) groups is 1. The van der Waals surface area contributed by atoms with E-state index < -0.39 is 5.97 Å². The van der Waals surface area contributed by atoms with Gasteiger partial charge in [-0.3, -0.25) is 0 Å². The van der Waals surface area contributed by atoms with E-state index in [0.717, 1.165) is 0 Å². The van der Waals surface area contributed by atoms with Crippen LogP contribution in [0.25, 0.3) is 0 Å². The van der Waals surface area contributed by atoms with Crippen LogP contribution in [0.2, 0.25) is 5.22 Å². The first-order valence-electron chi connectivity index (χ1n) is 3.03. The molecule has 0 aliphatic rings. The zero-order valence-corrected chi connectivity index (χ0v) is 6.55. The molecule has 0 aromatic carbocycles. The van der Waals surface area contributed by atoms with Gasteiger partial charge >= 0.3 is 11.9 Å². The highest BCUT2D eigenvalue weighted by Crippen LogP contribution is 2.17. The number of nitrogens with zero attached hydrogens (tertiary/aromatic N) is 1. The SMILES string of the molecule is CCc1nc(C(=O)O)oc1Cl. The lowest BCUT2D eigenvalue weighted by atomic mass is 10.4. The molecule has 0 amide bonds. The Hall–Kier alpha value is -1.03. The van der Waals surface area contributed by atoms with Gasteiger partial charge in [0.15, 0.2) is 0 Å². The normalized spacial score (nSPS) is 10.0. The average molecular weight is 176 g/mol. The molecule has 5 heteroatoms. The quantitative estimate of drug-likeness (QED) is 0.742. The molecule has 4 nitrogen and oxygen atoms in total. The van der Waals surface area contributed by atoms with E-state index in [1.807, 2.05) is 6.92 Å². The maximum atomic E-state index is 10.3. The summed E-state index contributed by atoms with van der Waals surface area (Å²) in [5.74, 6) is -1.56. The van der Waals surface area contributed by atoms with Gasteiger partial charge in [0.1, 0.15) is 0 Å². The number of carboxylic acids is 1. The van der Waals surface area contributed by atoms with Crippen molar-refractivity contribution in [1.29, 1.82) is 0 Å². The van der Waals surface area contributed by atoms with Crippen LogP contribution in [0.3, 0.4) is 0 Å². The Bertz CT molecular complexity index is 281. The standard InChI is InChI=1S/C6H6ClNO3/c1-2-3-4(7)11-5(8-3)6(9)10/h2H2,1H3,(H,9,10). The van der Waals surface area contributed by atoms with Crippen molar-refractivity contribution in [2.75, 3.05) is 0 Å². The first-order chi connectivity index (χ1) is 5.15. The van der Waals surface area contributed by atoms with Gasteiger partial charge in [-0.1, -0.05) is 6.92 Å². The minimum atomic E-state index is -1.20. The van der Waals surface area contributed by atoms with Crippen LogP contribution in [0.15, 0.2) is 4.42 Å². The van der Waals surface area contributed by atoms with Gasteiger partial charge in [-0.05, 0) is 18.0 Å². The molecular weight excluding hydrogens is 170 g/mol. The van der Waals surface area contributed by atoms with Crippen LogP contribution in [0, 0.1) is 0 Å². The third-order valence-electron chi connectivity index (χ3n) is 1.17. The number of hydrogen-bond donors (Lipinski definition) is 1. The van der Waals surface area contributed by atoms with Crippen molar-refractivity contribution in [3.8, 4) is 0 Å². The molecule has 0 unspecified atom stereocenters. The Kier molecular flexibility index (Phi) is 2.14.